The number of aromatic nitrogens is 1. The van der Waals surface area contributed by atoms with Gasteiger partial charge in [-0.05, 0) is 46.3 Å². The van der Waals surface area contributed by atoms with Crippen LogP contribution in [0.4, 0.5) is 0 Å². The molecule has 3 heteroatoms. The van der Waals surface area contributed by atoms with Crippen molar-refractivity contribution in [2.24, 2.45) is 5.41 Å². The minimum absolute atomic E-state index is 0.171. The van der Waals surface area contributed by atoms with Gasteiger partial charge < -0.3 is 0 Å². The highest BCUT2D eigenvalue weighted by molar-refractivity contribution is 9.10. The van der Waals surface area contributed by atoms with Gasteiger partial charge >= 0.3 is 0 Å². The minimum atomic E-state index is 0.171. The van der Waals surface area contributed by atoms with E-state index in [1.54, 1.807) is 0 Å². The van der Waals surface area contributed by atoms with E-state index in [0.29, 0.717) is 5.41 Å². The zero-order chi connectivity index (χ0) is 12.5. The third-order valence-electron chi connectivity index (χ3n) is 3.07. The van der Waals surface area contributed by atoms with Gasteiger partial charge in [0.1, 0.15) is 0 Å². The van der Waals surface area contributed by atoms with Crippen molar-refractivity contribution in [1.29, 1.82) is 0 Å². The second-order valence-electron chi connectivity index (χ2n) is 5.53. The molecule has 17 heavy (non-hydrogen) atoms. The zero-order valence-electron chi connectivity index (χ0n) is 10.2. The largest absolute Gasteiger partial charge is 0.260 e. The molecule has 1 aliphatic rings. The van der Waals surface area contributed by atoms with E-state index in [1.807, 2.05) is 12.3 Å². The molecule has 0 radical (unpaired) electrons. The smallest absolute Gasteiger partial charge is 0.0523 e. The summed E-state index contributed by atoms with van der Waals surface area (Å²) in [5.41, 5.74) is 2.84. The topological polar surface area (TPSA) is 12.9 Å². The van der Waals surface area contributed by atoms with E-state index in [1.165, 1.54) is 5.57 Å². The highest BCUT2D eigenvalue weighted by atomic mass is 79.9. The van der Waals surface area contributed by atoms with E-state index in [9.17, 15) is 0 Å². The Bertz CT molecular complexity index is 422. The van der Waals surface area contributed by atoms with E-state index >= 15 is 0 Å². The van der Waals surface area contributed by atoms with Gasteiger partial charge in [-0.2, -0.15) is 0 Å². The van der Waals surface area contributed by atoms with Crippen molar-refractivity contribution >= 4 is 27.5 Å². The van der Waals surface area contributed by atoms with E-state index < -0.39 is 0 Å². The van der Waals surface area contributed by atoms with Crippen molar-refractivity contribution in [1.82, 2.24) is 4.98 Å². The summed E-state index contributed by atoms with van der Waals surface area (Å²) in [7, 11) is 0. The SMILES string of the molecule is CC1(C)CC(Cc2ccc(Br)cn2)=CC(Cl)C1. The first-order chi connectivity index (χ1) is 7.94. The van der Waals surface area contributed by atoms with E-state index in [0.717, 1.165) is 29.4 Å². The summed E-state index contributed by atoms with van der Waals surface area (Å²) in [6.07, 6.45) is 7.15. The zero-order valence-corrected chi connectivity index (χ0v) is 12.6. The van der Waals surface area contributed by atoms with Gasteiger partial charge in [-0.1, -0.05) is 25.5 Å². The molecule has 2 rings (SSSR count). The van der Waals surface area contributed by atoms with Gasteiger partial charge in [0, 0.05) is 22.8 Å². The van der Waals surface area contributed by atoms with Crippen LogP contribution in [0.25, 0.3) is 0 Å². The van der Waals surface area contributed by atoms with Crippen molar-refractivity contribution in [3.63, 3.8) is 0 Å². The van der Waals surface area contributed by atoms with Crippen LogP contribution < -0.4 is 0 Å². The van der Waals surface area contributed by atoms with Crippen LogP contribution in [0.15, 0.2) is 34.5 Å². The van der Waals surface area contributed by atoms with Gasteiger partial charge in [0.2, 0.25) is 0 Å². The van der Waals surface area contributed by atoms with Crippen LogP contribution in [0.5, 0.6) is 0 Å². The average molecular weight is 315 g/mol. The Morgan fingerprint density at radius 2 is 2.24 bits per heavy atom. The summed E-state index contributed by atoms with van der Waals surface area (Å²) in [5.74, 6) is 0. The van der Waals surface area contributed by atoms with Gasteiger partial charge in [-0.25, -0.2) is 0 Å². The standard InChI is InChI=1S/C14H17BrClN/c1-14(2)7-10(5-12(16)8-14)6-13-4-3-11(15)9-17-13/h3-5,9,12H,6-8H2,1-2H3. The van der Waals surface area contributed by atoms with E-state index in [4.69, 9.17) is 11.6 Å². The van der Waals surface area contributed by atoms with Crippen LogP contribution in [-0.2, 0) is 6.42 Å². The van der Waals surface area contributed by atoms with Crippen LogP contribution >= 0.6 is 27.5 Å². The Morgan fingerprint density at radius 3 is 2.82 bits per heavy atom. The number of rotatable bonds is 2. The van der Waals surface area contributed by atoms with Gasteiger partial charge in [-0.3, -0.25) is 4.98 Å². The molecule has 92 valence electrons. The van der Waals surface area contributed by atoms with Gasteiger partial charge in [0.05, 0.1) is 5.38 Å². The van der Waals surface area contributed by atoms with Gasteiger partial charge in [0.25, 0.3) is 0 Å². The third-order valence-corrected chi connectivity index (χ3v) is 3.82. The first-order valence-corrected chi connectivity index (χ1v) is 7.12. The molecule has 1 aromatic heterocycles. The van der Waals surface area contributed by atoms with Crippen molar-refractivity contribution in [2.45, 2.75) is 38.5 Å². The lowest BCUT2D eigenvalue weighted by Gasteiger charge is -2.32. The molecule has 1 atom stereocenters. The summed E-state index contributed by atoms with van der Waals surface area (Å²) >= 11 is 9.68. The minimum Gasteiger partial charge on any atom is -0.260 e. The van der Waals surface area contributed by atoms with Crippen LogP contribution in [-0.4, -0.2) is 10.4 Å². The predicted molar refractivity (Wildman–Crippen MR) is 76.4 cm³/mol. The maximum absolute atomic E-state index is 6.28. The highest BCUT2D eigenvalue weighted by Crippen LogP contribution is 2.38. The lowest BCUT2D eigenvalue weighted by atomic mass is 9.76. The molecule has 0 saturated carbocycles. The normalized spacial score (nSPS) is 23.3. The fraction of sp³-hybridized carbons (Fsp3) is 0.500. The summed E-state index contributed by atoms with van der Waals surface area (Å²) in [4.78, 5) is 4.41. The second-order valence-corrected chi connectivity index (χ2v) is 7.01. The summed E-state index contributed by atoms with van der Waals surface area (Å²) in [6.45, 7) is 4.56. The maximum Gasteiger partial charge on any atom is 0.0523 e. The number of hydrogen-bond donors (Lipinski definition) is 0. The molecule has 0 saturated heterocycles. The first kappa shape index (κ1) is 13.1. The monoisotopic (exact) mass is 313 g/mol. The van der Waals surface area contributed by atoms with Crippen LogP contribution in [0.3, 0.4) is 0 Å². The first-order valence-electron chi connectivity index (χ1n) is 5.89. The Morgan fingerprint density at radius 1 is 1.47 bits per heavy atom. The predicted octanol–water partition coefficient (Wildman–Crippen LogP) is 4.74. The molecule has 0 fully saturated rings. The van der Waals surface area contributed by atoms with Crippen molar-refractivity contribution in [3.8, 4) is 0 Å². The van der Waals surface area contributed by atoms with Crippen molar-refractivity contribution in [2.75, 3.05) is 0 Å². The number of nitrogens with zero attached hydrogens (tertiary/aromatic N) is 1. The van der Waals surface area contributed by atoms with Gasteiger partial charge in [-0.15, -0.1) is 11.6 Å². The molecule has 0 N–H and O–H groups in total. The Hall–Kier alpha value is -0.340. The molecule has 0 bridgehead atoms. The highest BCUT2D eigenvalue weighted by Gasteiger charge is 2.27. The van der Waals surface area contributed by atoms with E-state index in [-0.39, 0.29) is 5.38 Å². The molecule has 1 heterocycles. The molecule has 0 aromatic carbocycles. The molecular weight excluding hydrogens is 298 g/mol. The summed E-state index contributed by atoms with van der Waals surface area (Å²) in [5, 5.41) is 0.171. The molecule has 1 nitrogen and oxygen atoms in total. The number of hydrogen-bond acceptors (Lipinski definition) is 1. The number of allylic oxidation sites excluding steroid dienone is 2. The van der Waals surface area contributed by atoms with Gasteiger partial charge in [0.15, 0.2) is 0 Å². The van der Waals surface area contributed by atoms with Crippen LogP contribution in [0.2, 0.25) is 0 Å². The van der Waals surface area contributed by atoms with Crippen molar-refractivity contribution < 1.29 is 0 Å². The molecule has 1 aromatic rings. The Labute approximate surface area is 116 Å². The number of alkyl halides is 1. The lowest BCUT2D eigenvalue weighted by Crippen LogP contribution is -2.23. The fourth-order valence-electron chi connectivity index (χ4n) is 2.45. The second kappa shape index (κ2) is 5.11. The number of halogens is 2. The quantitative estimate of drug-likeness (QED) is 0.567. The van der Waals surface area contributed by atoms with Crippen LogP contribution in [0, 0.1) is 5.41 Å². The fourth-order valence-corrected chi connectivity index (χ4v) is 3.28. The summed E-state index contributed by atoms with van der Waals surface area (Å²) in [6, 6.07) is 4.10. The molecule has 0 amide bonds. The molecule has 1 aliphatic carbocycles. The van der Waals surface area contributed by atoms with E-state index in [2.05, 4.69) is 46.9 Å². The molecule has 0 spiro atoms. The lowest BCUT2D eigenvalue weighted by molar-refractivity contribution is 0.320. The summed E-state index contributed by atoms with van der Waals surface area (Å²) < 4.78 is 1.02. The average Bonchev–Trinajstić information content (AvgIpc) is 2.18. The van der Waals surface area contributed by atoms with Crippen molar-refractivity contribution in [3.05, 3.63) is 40.1 Å². The molecule has 0 aliphatic heterocycles. The number of pyridine rings is 1. The molecular formula is C14H17BrClN. The maximum atomic E-state index is 6.28. The molecule has 1 unspecified atom stereocenters. The van der Waals surface area contributed by atoms with Crippen LogP contribution in [0.1, 0.15) is 32.4 Å². The Kier molecular flexibility index (Phi) is 3.94. The Balaban J connectivity index is 2.11. The third kappa shape index (κ3) is 3.82.